The number of nitrogens with zero attached hydrogens (tertiary/aromatic N) is 1. The van der Waals surface area contributed by atoms with Gasteiger partial charge in [0.1, 0.15) is 17.2 Å². The Kier molecular flexibility index (Phi) is 8.20. The van der Waals surface area contributed by atoms with Crippen LogP contribution in [0.4, 0.5) is 0 Å². The second-order valence-corrected chi connectivity index (χ2v) is 9.86. The summed E-state index contributed by atoms with van der Waals surface area (Å²) >= 11 is 0. The number of aryl methyl sites for hydroxylation is 1. The zero-order chi connectivity index (χ0) is 24.0. The summed E-state index contributed by atoms with van der Waals surface area (Å²) in [7, 11) is -0.589. The van der Waals surface area contributed by atoms with E-state index in [2.05, 4.69) is 5.32 Å². The zero-order valence-corrected chi connectivity index (χ0v) is 20.4. The second-order valence-electron chi connectivity index (χ2n) is 7.92. The third-order valence-corrected chi connectivity index (χ3v) is 7.67. The van der Waals surface area contributed by atoms with Crippen LogP contribution in [0.15, 0.2) is 41.3 Å². The normalized spacial score (nSPS) is 16.8. The molecule has 1 saturated heterocycles. The summed E-state index contributed by atoms with van der Waals surface area (Å²) in [4.78, 5) is 13.1. The first-order valence-corrected chi connectivity index (χ1v) is 12.5. The Morgan fingerprint density at radius 3 is 2.42 bits per heavy atom. The summed E-state index contributed by atoms with van der Waals surface area (Å²) in [6, 6.07) is 10.3. The number of hydrogen-bond acceptors (Lipinski definition) is 6. The van der Waals surface area contributed by atoms with Crippen molar-refractivity contribution in [2.45, 2.75) is 38.1 Å². The van der Waals surface area contributed by atoms with E-state index in [-0.39, 0.29) is 23.9 Å². The van der Waals surface area contributed by atoms with Crippen molar-refractivity contribution in [3.05, 3.63) is 47.5 Å². The van der Waals surface area contributed by atoms with Crippen molar-refractivity contribution < 1.29 is 27.4 Å². The summed E-state index contributed by atoms with van der Waals surface area (Å²) in [5, 5.41) is 2.92. The summed E-state index contributed by atoms with van der Waals surface area (Å²) in [5.41, 5.74) is 1.50. The SMILES string of the molecule is CCOc1ccc(S(=O)(=O)N2CCCC(C(=O)NCc3c(OC)cccc3OC)C2)cc1C. The highest BCUT2D eigenvalue weighted by Crippen LogP contribution is 2.29. The zero-order valence-electron chi connectivity index (χ0n) is 19.6. The van der Waals surface area contributed by atoms with Crippen molar-refractivity contribution >= 4 is 15.9 Å². The monoisotopic (exact) mass is 476 g/mol. The first-order chi connectivity index (χ1) is 15.8. The van der Waals surface area contributed by atoms with Crippen LogP contribution in [0.5, 0.6) is 17.2 Å². The van der Waals surface area contributed by atoms with Gasteiger partial charge in [-0.1, -0.05) is 6.07 Å². The molecular formula is C24H32N2O6S. The van der Waals surface area contributed by atoms with Gasteiger partial charge in [0, 0.05) is 13.1 Å². The van der Waals surface area contributed by atoms with E-state index in [1.165, 1.54) is 4.31 Å². The Bertz CT molecular complexity index is 1060. The number of sulfonamides is 1. The number of carbonyl (C=O) groups excluding carboxylic acids is 1. The van der Waals surface area contributed by atoms with Crippen LogP contribution in [-0.2, 0) is 21.4 Å². The third kappa shape index (κ3) is 5.59. The van der Waals surface area contributed by atoms with Gasteiger partial charge in [0.25, 0.3) is 0 Å². The maximum atomic E-state index is 13.2. The van der Waals surface area contributed by atoms with Crippen molar-refractivity contribution in [3.63, 3.8) is 0 Å². The van der Waals surface area contributed by atoms with Crippen LogP contribution in [0.2, 0.25) is 0 Å². The topological polar surface area (TPSA) is 94.2 Å². The van der Waals surface area contributed by atoms with E-state index in [4.69, 9.17) is 14.2 Å². The van der Waals surface area contributed by atoms with Gasteiger partial charge in [0.05, 0.1) is 43.7 Å². The summed E-state index contributed by atoms with van der Waals surface area (Å²) < 4.78 is 44.2. The fourth-order valence-electron chi connectivity index (χ4n) is 4.05. The average molecular weight is 477 g/mol. The van der Waals surface area contributed by atoms with E-state index in [0.29, 0.717) is 43.2 Å². The van der Waals surface area contributed by atoms with Crippen LogP contribution < -0.4 is 19.5 Å². The largest absolute Gasteiger partial charge is 0.496 e. The second kappa shape index (κ2) is 10.9. The first kappa shape index (κ1) is 24.9. The van der Waals surface area contributed by atoms with Crippen LogP contribution in [0.1, 0.15) is 30.9 Å². The molecule has 0 saturated carbocycles. The molecule has 1 amide bonds. The molecule has 1 N–H and O–H groups in total. The highest BCUT2D eigenvalue weighted by Gasteiger charge is 2.33. The van der Waals surface area contributed by atoms with Gasteiger partial charge in [0.15, 0.2) is 0 Å². The molecule has 8 nitrogen and oxygen atoms in total. The Balaban J connectivity index is 1.70. The molecule has 0 aromatic heterocycles. The van der Waals surface area contributed by atoms with E-state index < -0.39 is 15.9 Å². The Morgan fingerprint density at radius 1 is 1.12 bits per heavy atom. The van der Waals surface area contributed by atoms with Gasteiger partial charge in [-0.25, -0.2) is 8.42 Å². The summed E-state index contributed by atoms with van der Waals surface area (Å²) in [6.45, 7) is 4.97. The number of rotatable bonds is 9. The Hall–Kier alpha value is -2.78. The lowest BCUT2D eigenvalue weighted by molar-refractivity contribution is -0.126. The molecule has 1 atom stereocenters. The summed E-state index contributed by atoms with van der Waals surface area (Å²) in [5.74, 6) is 1.28. The molecule has 1 heterocycles. The number of ether oxygens (including phenoxy) is 3. The van der Waals surface area contributed by atoms with Crippen LogP contribution in [-0.4, -0.2) is 52.5 Å². The lowest BCUT2D eigenvalue weighted by Gasteiger charge is -2.31. The quantitative estimate of drug-likeness (QED) is 0.598. The maximum absolute atomic E-state index is 13.2. The van der Waals surface area contributed by atoms with Crippen molar-refractivity contribution in [2.75, 3.05) is 33.9 Å². The van der Waals surface area contributed by atoms with E-state index in [9.17, 15) is 13.2 Å². The van der Waals surface area contributed by atoms with Crippen molar-refractivity contribution in [3.8, 4) is 17.2 Å². The van der Waals surface area contributed by atoms with E-state index in [1.807, 2.05) is 19.9 Å². The third-order valence-electron chi connectivity index (χ3n) is 5.81. The predicted molar refractivity (Wildman–Crippen MR) is 125 cm³/mol. The van der Waals surface area contributed by atoms with E-state index in [0.717, 1.165) is 11.1 Å². The average Bonchev–Trinajstić information content (AvgIpc) is 2.83. The highest BCUT2D eigenvalue weighted by atomic mass is 32.2. The number of benzene rings is 2. The molecule has 1 aliphatic heterocycles. The van der Waals surface area contributed by atoms with Crippen LogP contribution in [0.3, 0.4) is 0 Å². The molecule has 0 aliphatic carbocycles. The number of amides is 1. The molecule has 2 aromatic carbocycles. The number of nitrogens with one attached hydrogen (secondary N) is 1. The number of methoxy groups -OCH3 is 2. The molecule has 180 valence electrons. The minimum Gasteiger partial charge on any atom is -0.496 e. The van der Waals surface area contributed by atoms with Gasteiger partial charge >= 0.3 is 0 Å². The minimum absolute atomic E-state index is 0.142. The number of hydrogen-bond donors (Lipinski definition) is 1. The van der Waals surface area contributed by atoms with Crippen molar-refractivity contribution in [1.29, 1.82) is 0 Å². The molecule has 9 heteroatoms. The van der Waals surface area contributed by atoms with Crippen molar-refractivity contribution in [1.82, 2.24) is 9.62 Å². The molecule has 1 unspecified atom stereocenters. The molecule has 1 fully saturated rings. The van der Waals surface area contributed by atoms with E-state index >= 15 is 0 Å². The minimum atomic E-state index is -3.71. The Labute approximate surface area is 195 Å². The van der Waals surface area contributed by atoms with E-state index in [1.54, 1.807) is 44.6 Å². The molecule has 33 heavy (non-hydrogen) atoms. The van der Waals surface area contributed by atoms with Crippen LogP contribution in [0, 0.1) is 12.8 Å². The van der Waals surface area contributed by atoms with Crippen LogP contribution in [0.25, 0.3) is 0 Å². The molecule has 0 spiro atoms. The first-order valence-electron chi connectivity index (χ1n) is 11.0. The summed E-state index contributed by atoms with van der Waals surface area (Å²) in [6.07, 6.45) is 1.24. The molecular weight excluding hydrogens is 444 g/mol. The molecule has 0 bridgehead atoms. The smallest absolute Gasteiger partial charge is 0.243 e. The van der Waals surface area contributed by atoms with Crippen molar-refractivity contribution in [2.24, 2.45) is 5.92 Å². The maximum Gasteiger partial charge on any atom is 0.243 e. The lowest BCUT2D eigenvalue weighted by Crippen LogP contribution is -2.45. The van der Waals surface area contributed by atoms with Gasteiger partial charge in [-0.05, 0) is 62.6 Å². The highest BCUT2D eigenvalue weighted by molar-refractivity contribution is 7.89. The molecule has 0 radical (unpaired) electrons. The number of carbonyl (C=O) groups is 1. The van der Waals surface area contributed by atoms with Gasteiger partial charge < -0.3 is 19.5 Å². The molecule has 3 rings (SSSR count). The predicted octanol–water partition coefficient (Wildman–Crippen LogP) is 3.13. The number of piperidine rings is 1. The van der Waals surface area contributed by atoms with Gasteiger partial charge in [0.2, 0.25) is 15.9 Å². The standard InChI is InChI=1S/C24H32N2O6S/c1-5-32-21-12-11-19(14-17(21)2)33(28,29)26-13-7-8-18(16-26)24(27)25-15-20-22(30-3)9-6-10-23(20)31-4/h6,9-12,14,18H,5,7-8,13,15-16H2,1-4H3,(H,25,27). The lowest BCUT2D eigenvalue weighted by atomic mass is 9.98. The fourth-order valence-corrected chi connectivity index (χ4v) is 5.66. The van der Waals surface area contributed by atoms with Gasteiger partial charge in [-0.2, -0.15) is 4.31 Å². The van der Waals surface area contributed by atoms with Gasteiger partial charge in [-0.3, -0.25) is 4.79 Å². The van der Waals surface area contributed by atoms with Crippen LogP contribution >= 0.6 is 0 Å². The molecule has 2 aromatic rings. The molecule has 1 aliphatic rings. The fraction of sp³-hybridized carbons (Fsp3) is 0.458. The van der Waals surface area contributed by atoms with Gasteiger partial charge in [-0.15, -0.1) is 0 Å². The Morgan fingerprint density at radius 2 is 1.82 bits per heavy atom.